The van der Waals surface area contributed by atoms with Crippen LogP contribution in [0.15, 0.2) is 0 Å². The van der Waals surface area contributed by atoms with Crippen molar-refractivity contribution in [2.45, 2.75) is 25.7 Å². The summed E-state index contributed by atoms with van der Waals surface area (Å²) in [4.78, 5) is 16.8. The maximum atomic E-state index is 12.5. The summed E-state index contributed by atoms with van der Waals surface area (Å²) in [6, 6.07) is 0. The molecule has 2 fully saturated rings. The highest BCUT2D eigenvalue weighted by molar-refractivity contribution is 5.85. The van der Waals surface area contributed by atoms with Gasteiger partial charge in [0.1, 0.15) is 0 Å². The Hall–Kier alpha value is -0.320. The van der Waals surface area contributed by atoms with E-state index >= 15 is 0 Å². The van der Waals surface area contributed by atoms with Crippen LogP contribution in [0.3, 0.4) is 0 Å². The van der Waals surface area contributed by atoms with Crippen LogP contribution >= 0.6 is 12.4 Å². The minimum Gasteiger partial charge on any atom is -0.340 e. The predicted molar refractivity (Wildman–Crippen MR) is 71.3 cm³/mol. The van der Waals surface area contributed by atoms with Crippen LogP contribution in [0.4, 0.5) is 0 Å². The van der Waals surface area contributed by atoms with Gasteiger partial charge in [0.15, 0.2) is 0 Å². The molecule has 0 aromatic heterocycles. The molecule has 4 nitrogen and oxygen atoms in total. The Morgan fingerprint density at radius 1 is 1.18 bits per heavy atom. The van der Waals surface area contributed by atoms with Gasteiger partial charge in [-0.25, -0.2) is 0 Å². The minimum absolute atomic E-state index is 0. The van der Waals surface area contributed by atoms with Crippen LogP contribution in [0.1, 0.15) is 25.7 Å². The third-order valence-corrected chi connectivity index (χ3v) is 4.20. The van der Waals surface area contributed by atoms with E-state index in [0.29, 0.717) is 12.5 Å². The number of carbonyl (C=O) groups excluding carboxylic acids is 1. The second-order valence-electron chi connectivity index (χ2n) is 5.29. The number of rotatable bonds is 2. The maximum Gasteiger partial charge on any atom is 0.230 e. The summed E-state index contributed by atoms with van der Waals surface area (Å²) in [6.45, 7) is 4.26. The normalized spacial score (nSPS) is 24.5. The fourth-order valence-corrected chi connectivity index (χ4v) is 2.90. The SMILES string of the molecule is CN1CCN(C(=O)C2(CN)CCCC2)CC1.Cl. The minimum atomic E-state index is -0.212. The number of hydrogen-bond donors (Lipinski definition) is 1. The van der Waals surface area contributed by atoms with Crippen molar-refractivity contribution in [3.8, 4) is 0 Å². The van der Waals surface area contributed by atoms with Crippen LogP contribution in [0.2, 0.25) is 0 Å². The van der Waals surface area contributed by atoms with Crippen molar-refractivity contribution < 1.29 is 4.79 Å². The van der Waals surface area contributed by atoms with Gasteiger partial charge in [0.2, 0.25) is 5.91 Å². The Labute approximate surface area is 110 Å². The van der Waals surface area contributed by atoms with Crippen molar-refractivity contribution in [2.75, 3.05) is 39.8 Å². The van der Waals surface area contributed by atoms with Gasteiger partial charge in [-0.1, -0.05) is 12.8 Å². The highest BCUT2D eigenvalue weighted by Crippen LogP contribution is 2.38. The smallest absolute Gasteiger partial charge is 0.230 e. The van der Waals surface area contributed by atoms with Crippen molar-refractivity contribution in [3.05, 3.63) is 0 Å². The molecule has 0 spiro atoms. The Balaban J connectivity index is 0.00000144. The molecule has 1 amide bonds. The fraction of sp³-hybridized carbons (Fsp3) is 0.917. The van der Waals surface area contributed by atoms with Gasteiger partial charge in [-0.2, -0.15) is 0 Å². The number of nitrogens with two attached hydrogens (primary N) is 1. The summed E-state index contributed by atoms with van der Waals surface area (Å²) >= 11 is 0. The molecule has 1 heterocycles. The summed E-state index contributed by atoms with van der Waals surface area (Å²) in [7, 11) is 2.11. The van der Waals surface area contributed by atoms with E-state index in [0.717, 1.165) is 51.9 Å². The summed E-state index contributed by atoms with van der Waals surface area (Å²) < 4.78 is 0. The molecule has 2 rings (SSSR count). The molecule has 0 radical (unpaired) electrons. The Morgan fingerprint density at radius 3 is 2.18 bits per heavy atom. The molecule has 5 heteroatoms. The first kappa shape index (κ1) is 14.7. The average molecular weight is 262 g/mol. The van der Waals surface area contributed by atoms with Gasteiger partial charge in [-0.3, -0.25) is 4.79 Å². The number of likely N-dealkylation sites (N-methyl/N-ethyl adjacent to an activating group) is 1. The van der Waals surface area contributed by atoms with Crippen LogP contribution in [0, 0.1) is 5.41 Å². The number of carbonyl (C=O) groups is 1. The molecule has 17 heavy (non-hydrogen) atoms. The second kappa shape index (κ2) is 6.03. The molecule has 0 bridgehead atoms. The Kier molecular flexibility index (Phi) is 5.22. The highest BCUT2D eigenvalue weighted by atomic mass is 35.5. The Bertz CT molecular complexity index is 258. The quantitative estimate of drug-likeness (QED) is 0.796. The molecule has 1 saturated carbocycles. The third-order valence-electron chi connectivity index (χ3n) is 4.20. The number of piperazine rings is 1. The van der Waals surface area contributed by atoms with Crippen molar-refractivity contribution in [1.29, 1.82) is 0 Å². The molecule has 0 atom stereocenters. The van der Waals surface area contributed by atoms with Gasteiger partial charge in [0, 0.05) is 32.7 Å². The first-order valence-electron chi connectivity index (χ1n) is 6.36. The van der Waals surface area contributed by atoms with E-state index in [4.69, 9.17) is 5.73 Å². The van der Waals surface area contributed by atoms with Crippen molar-refractivity contribution >= 4 is 18.3 Å². The molecule has 100 valence electrons. The molecule has 1 aliphatic heterocycles. The first-order valence-corrected chi connectivity index (χ1v) is 6.36. The van der Waals surface area contributed by atoms with Gasteiger partial charge < -0.3 is 15.5 Å². The first-order chi connectivity index (χ1) is 7.68. The Morgan fingerprint density at radius 2 is 1.71 bits per heavy atom. The summed E-state index contributed by atoms with van der Waals surface area (Å²) in [5, 5.41) is 0. The van der Waals surface area contributed by atoms with Crippen LogP contribution in [0.5, 0.6) is 0 Å². The van der Waals surface area contributed by atoms with E-state index in [-0.39, 0.29) is 17.8 Å². The second-order valence-corrected chi connectivity index (χ2v) is 5.29. The molecule has 1 saturated heterocycles. The van der Waals surface area contributed by atoms with Gasteiger partial charge >= 0.3 is 0 Å². The van der Waals surface area contributed by atoms with E-state index in [1.54, 1.807) is 0 Å². The molecular weight excluding hydrogens is 238 g/mol. The number of halogens is 1. The van der Waals surface area contributed by atoms with Gasteiger partial charge in [-0.15, -0.1) is 12.4 Å². The molecule has 2 aliphatic rings. The molecule has 0 aromatic rings. The summed E-state index contributed by atoms with van der Waals surface area (Å²) in [6.07, 6.45) is 4.32. The van der Waals surface area contributed by atoms with E-state index in [2.05, 4.69) is 11.9 Å². The molecule has 0 unspecified atom stereocenters. The van der Waals surface area contributed by atoms with Crippen LogP contribution in [0.25, 0.3) is 0 Å². The van der Waals surface area contributed by atoms with Gasteiger partial charge in [0.25, 0.3) is 0 Å². The zero-order valence-corrected chi connectivity index (χ0v) is 11.5. The van der Waals surface area contributed by atoms with Crippen LogP contribution in [-0.2, 0) is 4.79 Å². The van der Waals surface area contributed by atoms with E-state index in [1.807, 2.05) is 4.90 Å². The van der Waals surface area contributed by atoms with Crippen LogP contribution in [-0.4, -0.2) is 55.5 Å². The number of nitrogens with zero attached hydrogens (tertiary/aromatic N) is 2. The lowest BCUT2D eigenvalue weighted by Crippen LogP contribution is -2.53. The predicted octanol–water partition coefficient (Wildman–Crippen LogP) is 0.701. The number of hydrogen-bond acceptors (Lipinski definition) is 3. The highest BCUT2D eigenvalue weighted by Gasteiger charge is 2.42. The number of amides is 1. The summed E-state index contributed by atoms with van der Waals surface area (Å²) in [5.74, 6) is 0.320. The van der Waals surface area contributed by atoms with E-state index in [1.165, 1.54) is 0 Å². The maximum absolute atomic E-state index is 12.5. The molecular formula is C12H24ClN3O. The van der Waals surface area contributed by atoms with Crippen LogP contribution < -0.4 is 5.73 Å². The van der Waals surface area contributed by atoms with Gasteiger partial charge in [-0.05, 0) is 19.9 Å². The van der Waals surface area contributed by atoms with Crippen molar-refractivity contribution in [3.63, 3.8) is 0 Å². The van der Waals surface area contributed by atoms with Gasteiger partial charge in [0.05, 0.1) is 5.41 Å². The van der Waals surface area contributed by atoms with E-state index < -0.39 is 0 Å². The monoisotopic (exact) mass is 261 g/mol. The molecule has 2 N–H and O–H groups in total. The largest absolute Gasteiger partial charge is 0.340 e. The van der Waals surface area contributed by atoms with Crippen molar-refractivity contribution in [1.82, 2.24) is 9.80 Å². The lowest BCUT2D eigenvalue weighted by molar-refractivity contribution is -0.143. The van der Waals surface area contributed by atoms with E-state index in [9.17, 15) is 4.79 Å². The molecule has 1 aliphatic carbocycles. The standard InChI is InChI=1S/C12H23N3O.ClH/c1-14-6-8-15(9-7-14)11(16)12(10-13)4-2-3-5-12;/h2-10,13H2,1H3;1H. The zero-order valence-electron chi connectivity index (χ0n) is 10.7. The fourth-order valence-electron chi connectivity index (χ4n) is 2.90. The molecule has 0 aromatic carbocycles. The lowest BCUT2D eigenvalue weighted by Gasteiger charge is -2.38. The van der Waals surface area contributed by atoms with Crippen molar-refractivity contribution in [2.24, 2.45) is 11.1 Å². The topological polar surface area (TPSA) is 49.6 Å². The third kappa shape index (κ3) is 2.92. The summed E-state index contributed by atoms with van der Waals surface area (Å²) in [5.41, 5.74) is 5.63. The lowest BCUT2D eigenvalue weighted by atomic mass is 9.84. The average Bonchev–Trinajstić information content (AvgIpc) is 2.79. The zero-order chi connectivity index (χ0) is 11.6.